The van der Waals surface area contributed by atoms with Gasteiger partial charge in [-0.3, -0.25) is 14.9 Å². The molecule has 0 saturated carbocycles. The SMILES string of the molecule is COC(=O)C1CNCC(C(=O)OC)N1. The van der Waals surface area contributed by atoms with Gasteiger partial charge in [-0.15, -0.1) is 0 Å². The number of esters is 2. The van der Waals surface area contributed by atoms with E-state index >= 15 is 0 Å². The highest BCUT2D eigenvalue weighted by Gasteiger charge is 2.31. The minimum absolute atomic E-state index is 0.383. The number of carbonyl (C=O) groups is 2. The van der Waals surface area contributed by atoms with E-state index in [1.807, 2.05) is 0 Å². The van der Waals surface area contributed by atoms with Crippen LogP contribution in [0.5, 0.6) is 0 Å². The van der Waals surface area contributed by atoms with Crippen LogP contribution in [-0.2, 0) is 19.1 Å². The summed E-state index contributed by atoms with van der Waals surface area (Å²) in [5.74, 6) is -0.766. The molecule has 0 aliphatic carbocycles. The van der Waals surface area contributed by atoms with Crippen molar-refractivity contribution in [1.82, 2.24) is 10.6 Å². The van der Waals surface area contributed by atoms with Crippen molar-refractivity contribution in [2.24, 2.45) is 0 Å². The lowest BCUT2D eigenvalue weighted by molar-refractivity contribution is -0.147. The van der Waals surface area contributed by atoms with Gasteiger partial charge in [0.2, 0.25) is 0 Å². The van der Waals surface area contributed by atoms with Gasteiger partial charge < -0.3 is 14.8 Å². The van der Waals surface area contributed by atoms with Gasteiger partial charge in [-0.2, -0.15) is 0 Å². The number of carbonyl (C=O) groups excluding carboxylic acids is 2. The molecule has 2 unspecified atom stereocenters. The molecule has 0 aromatic heterocycles. The van der Waals surface area contributed by atoms with E-state index < -0.39 is 12.1 Å². The summed E-state index contributed by atoms with van der Waals surface area (Å²) in [6, 6.07) is -0.976. The molecule has 1 aliphatic heterocycles. The first-order chi connectivity index (χ1) is 6.69. The van der Waals surface area contributed by atoms with Crippen LogP contribution in [0.3, 0.4) is 0 Å². The van der Waals surface area contributed by atoms with Crippen LogP contribution in [0.15, 0.2) is 0 Å². The van der Waals surface area contributed by atoms with Crippen LogP contribution >= 0.6 is 0 Å². The van der Waals surface area contributed by atoms with Gasteiger partial charge in [0.05, 0.1) is 14.2 Å². The highest BCUT2D eigenvalue weighted by Crippen LogP contribution is 1.98. The molecular formula is C8H14N2O4. The molecule has 0 amide bonds. The van der Waals surface area contributed by atoms with Crippen molar-refractivity contribution in [2.75, 3.05) is 27.3 Å². The number of rotatable bonds is 2. The summed E-state index contributed by atoms with van der Waals surface area (Å²) < 4.78 is 9.12. The second-order valence-electron chi connectivity index (χ2n) is 2.98. The third-order valence-corrected chi connectivity index (χ3v) is 2.07. The average molecular weight is 202 g/mol. The Labute approximate surface area is 81.9 Å². The zero-order valence-electron chi connectivity index (χ0n) is 8.20. The highest BCUT2D eigenvalue weighted by molar-refractivity contribution is 5.80. The van der Waals surface area contributed by atoms with Crippen LogP contribution in [-0.4, -0.2) is 51.3 Å². The van der Waals surface area contributed by atoms with Gasteiger partial charge in [0, 0.05) is 13.1 Å². The standard InChI is InChI=1S/C8H14N2O4/c1-13-7(11)5-3-9-4-6(10-5)8(12)14-2/h5-6,9-10H,3-4H2,1-2H3. The number of nitrogens with one attached hydrogen (secondary N) is 2. The van der Waals surface area contributed by atoms with E-state index in [4.69, 9.17) is 0 Å². The lowest BCUT2D eigenvalue weighted by Gasteiger charge is -2.28. The predicted octanol–water partition coefficient (Wildman–Crippen LogP) is -1.74. The largest absolute Gasteiger partial charge is 0.468 e. The lowest BCUT2D eigenvalue weighted by atomic mass is 10.1. The quantitative estimate of drug-likeness (QED) is 0.518. The van der Waals surface area contributed by atoms with Crippen LogP contribution in [0.4, 0.5) is 0 Å². The van der Waals surface area contributed by atoms with Gasteiger partial charge in [-0.05, 0) is 0 Å². The van der Waals surface area contributed by atoms with Crippen LogP contribution in [0.2, 0.25) is 0 Å². The molecule has 0 bridgehead atoms. The Morgan fingerprint density at radius 2 is 1.50 bits per heavy atom. The van der Waals surface area contributed by atoms with Crippen LogP contribution in [0.1, 0.15) is 0 Å². The van der Waals surface area contributed by atoms with Crippen molar-refractivity contribution < 1.29 is 19.1 Å². The Bertz CT molecular complexity index is 209. The van der Waals surface area contributed by atoms with Crippen LogP contribution in [0, 0.1) is 0 Å². The second-order valence-corrected chi connectivity index (χ2v) is 2.98. The lowest BCUT2D eigenvalue weighted by Crippen LogP contribution is -2.60. The van der Waals surface area contributed by atoms with Gasteiger partial charge in [0.1, 0.15) is 12.1 Å². The van der Waals surface area contributed by atoms with Crippen molar-refractivity contribution in [3.8, 4) is 0 Å². The fourth-order valence-electron chi connectivity index (χ4n) is 1.32. The molecule has 2 N–H and O–H groups in total. The minimum atomic E-state index is -0.488. The number of ether oxygens (including phenoxy) is 2. The average Bonchev–Trinajstić information content (AvgIpc) is 2.27. The zero-order chi connectivity index (χ0) is 10.6. The van der Waals surface area contributed by atoms with E-state index in [1.54, 1.807) is 0 Å². The fraction of sp³-hybridized carbons (Fsp3) is 0.750. The molecule has 0 aromatic rings. The third-order valence-electron chi connectivity index (χ3n) is 2.07. The zero-order valence-corrected chi connectivity index (χ0v) is 8.20. The molecule has 1 aliphatic rings. The summed E-state index contributed by atoms with van der Waals surface area (Å²) in [6.45, 7) is 0.917. The Morgan fingerprint density at radius 1 is 1.07 bits per heavy atom. The van der Waals surface area contributed by atoms with Crippen molar-refractivity contribution in [3.05, 3.63) is 0 Å². The number of piperazine rings is 1. The first-order valence-corrected chi connectivity index (χ1v) is 4.31. The Morgan fingerprint density at radius 3 is 1.86 bits per heavy atom. The monoisotopic (exact) mass is 202 g/mol. The van der Waals surface area contributed by atoms with E-state index in [1.165, 1.54) is 14.2 Å². The highest BCUT2D eigenvalue weighted by atomic mass is 16.5. The van der Waals surface area contributed by atoms with Gasteiger partial charge in [0.15, 0.2) is 0 Å². The Hall–Kier alpha value is -1.14. The van der Waals surface area contributed by atoms with Crippen molar-refractivity contribution in [3.63, 3.8) is 0 Å². The minimum Gasteiger partial charge on any atom is -0.468 e. The molecule has 1 fully saturated rings. The van der Waals surface area contributed by atoms with Crippen molar-refractivity contribution in [2.45, 2.75) is 12.1 Å². The topological polar surface area (TPSA) is 76.7 Å². The molecule has 0 aromatic carbocycles. The molecule has 1 heterocycles. The number of hydrogen-bond donors (Lipinski definition) is 2. The van der Waals surface area contributed by atoms with Gasteiger partial charge in [-0.1, -0.05) is 0 Å². The molecule has 0 radical (unpaired) electrons. The Kier molecular flexibility index (Phi) is 3.84. The molecule has 6 heteroatoms. The molecule has 80 valence electrons. The summed E-state index contributed by atoms with van der Waals surface area (Å²) in [5.41, 5.74) is 0. The maximum absolute atomic E-state index is 11.1. The summed E-state index contributed by atoms with van der Waals surface area (Å²) in [5, 5.41) is 5.79. The Balaban J connectivity index is 2.51. The van der Waals surface area contributed by atoms with E-state index in [0.717, 1.165) is 0 Å². The van der Waals surface area contributed by atoms with E-state index in [2.05, 4.69) is 20.1 Å². The van der Waals surface area contributed by atoms with Crippen molar-refractivity contribution in [1.29, 1.82) is 0 Å². The number of methoxy groups -OCH3 is 2. The normalized spacial score (nSPS) is 26.7. The maximum Gasteiger partial charge on any atom is 0.324 e. The van der Waals surface area contributed by atoms with Crippen LogP contribution < -0.4 is 10.6 Å². The molecule has 14 heavy (non-hydrogen) atoms. The van der Waals surface area contributed by atoms with Gasteiger partial charge >= 0.3 is 11.9 Å². The molecular weight excluding hydrogens is 188 g/mol. The molecule has 1 rings (SSSR count). The smallest absolute Gasteiger partial charge is 0.324 e. The van der Waals surface area contributed by atoms with Gasteiger partial charge in [0.25, 0.3) is 0 Å². The predicted molar refractivity (Wildman–Crippen MR) is 47.6 cm³/mol. The molecule has 2 atom stereocenters. The first kappa shape index (κ1) is 10.9. The van der Waals surface area contributed by atoms with Crippen molar-refractivity contribution >= 4 is 11.9 Å². The van der Waals surface area contributed by atoms with E-state index in [9.17, 15) is 9.59 Å². The summed E-state index contributed by atoms with van der Waals surface area (Å²) >= 11 is 0. The summed E-state index contributed by atoms with van der Waals surface area (Å²) in [7, 11) is 2.62. The first-order valence-electron chi connectivity index (χ1n) is 4.31. The molecule has 6 nitrogen and oxygen atoms in total. The second kappa shape index (κ2) is 4.92. The maximum atomic E-state index is 11.1. The molecule has 1 saturated heterocycles. The molecule has 0 spiro atoms. The van der Waals surface area contributed by atoms with E-state index in [0.29, 0.717) is 13.1 Å². The van der Waals surface area contributed by atoms with E-state index in [-0.39, 0.29) is 11.9 Å². The summed E-state index contributed by atoms with van der Waals surface area (Å²) in [6.07, 6.45) is 0. The fourth-order valence-corrected chi connectivity index (χ4v) is 1.32. The third kappa shape index (κ3) is 2.43. The van der Waals surface area contributed by atoms with Gasteiger partial charge in [-0.25, -0.2) is 0 Å². The number of hydrogen-bond acceptors (Lipinski definition) is 6. The van der Waals surface area contributed by atoms with Crippen LogP contribution in [0.25, 0.3) is 0 Å². The summed E-state index contributed by atoms with van der Waals surface area (Å²) in [4.78, 5) is 22.3.